The first-order valence-electron chi connectivity index (χ1n) is 4.57. The molecule has 0 spiro atoms. The molecule has 5 heteroatoms. The zero-order chi connectivity index (χ0) is 11.3. The van der Waals surface area contributed by atoms with Crippen molar-refractivity contribution in [1.29, 1.82) is 0 Å². The molecule has 1 aromatic rings. The van der Waals surface area contributed by atoms with Crippen molar-refractivity contribution < 1.29 is 14.6 Å². The first kappa shape index (κ1) is 11.5. The number of nitrogens with zero attached hydrogens (tertiary/aromatic N) is 1. The molecule has 0 fully saturated rings. The van der Waals surface area contributed by atoms with Crippen LogP contribution < -0.4 is 5.43 Å². The highest BCUT2D eigenvalue weighted by molar-refractivity contribution is 5.86. The summed E-state index contributed by atoms with van der Waals surface area (Å²) in [6.07, 6.45) is 3.70. The maximum Gasteiger partial charge on any atom is 0.341 e. The molecular formula is C10H13NO4. The molecule has 0 saturated carbocycles. The maximum atomic E-state index is 11.1. The number of pyridine rings is 1. The summed E-state index contributed by atoms with van der Waals surface area (Å²) in [5, 5.41) is 8.72. The predicted octanol–water partition coefficient (Wildman–Crippen LogP) is 0.583. The molecule has 0 aliphatic carbocycles. The van der Waals surface area contributed by atoms with Crippen molar-refractivity contribution in [2.45, 2.75) is 13.0 Å². The van der Waals surface area contributed by atoms with Gasteiger partial charge in [-0.2, -0.15) is 0 Å². The quantitative estimate of drug-likeness (QED) is 0.723. The molecule has 15 heavy (non-hydrogen) atoms. The van der Waals surface area contributed by atoms with Gasteiger partial charge in [-0.15, -0.1) is 0 Å². The monoisotopic (exact) mass is 211 g/mol. The van der Waals surface area contributed by atoms with Crippen LogP contribution in [0, 0.1) is 0 Å². The van der Waals surface area contributed by atoms with E-state index in [-0.39, 0.29) is 5.56 Å². The van der Waals surface area contributed by atoms with Crippen molar-refractivity contribution >= 4 is 5.97 Å². The number of hydrogen-bond donors (Lipinski definition) is 1. The fourth-order valence-electron chi connectivity index (χ4n) is 1.22. The Bertz CT molecular complexity index is 397. The lowest BCUT2D eigenvalue weighted by molar-refractivity contribution is 0.0694. The van der Waals surface area contributed by atoms with Gasteiger partial charge in [0.2, 0.25) is 0 Å². The number of rotatable bonds is 5. The summed E-state index contributed by atoms with van der Waals surface area (Å²) in [4.78, 5) is 21.8. The number of aromatic carboxylic acids is 1. The van der Waals surface area contributed by atoms with Gasteiger partial charge in [0.05, 0.1) is 0 Å². The van der Waals surface area contributed by atoms with Gasteiger partial charge in [-0.05, 0) is 6.42 Å². The van der Waals surface area contributed by atoms with Crippen LogP contribution in [0.25, 0.3) is 0 Å². The van der Waals surface area contributed by atoms with Crippen LogP contribution in [0.1, 0.15) is 16.8 Å². The molecule has 82 valence electrons. The molecule has 0 aliphatic rings. The molecule has 0 atom stereocenters. The maximum absolute atomic E-state index is 11.1. The fraction of sp³-hybridized carbons (Fsp3) is 0.400. The molecule has 0 bridgehead atoms. The number of ether oxygens (including phenoxy) is 1. The lowest BCUT2D eigenvalue weighted by Gasteiger charge is -2.06. The third kappa shape index (κ3) is 3.21. The Labute approximate surface area is 86.9 Å². The van der Waals surface area contributed by atoms with E-state index in [1.165, 1.54) is 12.3 Å². The highest BCUT2D eigenvalue weighted by atomic mass is 16.5. The van der Waals surface area contributed by atoms with Crippen LogP contribution in [-0.4, -0.2) is 29.4 Å². The summed E-state index contributed by atoms with van der Waals surface area (Å²) < 4.78 is 6.54. The Balaban J connectivity index is 2.79. The van der Waals surface area contributed by atoms with Crippen LogP contribution in [0.5, 0.6) is 0 Å². The van der Waals surface area contributed by atoms with Crippen LogP contribution in [0.15, 0.2) is 23.3 Å². The number of methoxy groups -OCH3 is 1. The van der Waals surface area contributed by atoms with E-state index in [1.807, 2.05) is 0 Å². The molecule has 1 aromatic heterocycles. The van der Waals surface area contributed by atoms with Crippen LogP contribution in [-0.2, 0) is 11.3 Å². The molecule has 0 aliphatic heterocycles. The molecule has 0 aromatic carbocycles. The van der Waals surface area contributed by atoms with Crippen molar-refractivity contribution in [2.24, 2.45) is 0 Å². The van der Waals surface area contributed by atoms with Gasteiger partial charge in [0.25, 0.3) is 0 Å². The number of carboxylic acids is 1. The number of aromatic nitrogens is 1. The zero-order valence-electron chi connectivity index (χ0n) is 8.47. The molecule has 0 amide bonds. The third-order valence-electron chi connectivity index (χ3n) is 1.97. The first-order chi connectivity index (χ1) is 7.15. The SMILES string of the molecule is COCCCn1ccc(=O)c(C(=O)O)c1. The van der Waals surface area contributed by atoms with Crippen LogP contribution >= 0.6 is 0 Å². The van der Waals surface area contributed by atoms with Crippen molar-refractivity contribution in [3.8, 4) is 0 Å². The van der Waals surface area contributed by atoms with Gasteiger partial charge in [-0.25, -0.2) is 4.79 Å². The topological polar surface area (TPSA) is 68.5 Å². The van der Waals surface area contributed by atoms with Gasteiger partial charge in [0.15, 0.2) is 5.43 Å². The smallest absolute Gasteiger partial charge is 0.341 e. The second-order valence-electron chi connectivity index (χ2n) is 3.11. The molecule has 1 heterocycles. The van der Waals surface area contributed by atoms with Crippen LogP contribution in [0.3, 0.4) is 0 Å². The largest absolute Gasteiger partial charge is 0.477 e. The zero-order valence-corrected chi connectivity index (χ0v) is 8.47. The fourth-order valence-corrected chi connectivity index (χ4v) is 1.22. The summed E-state index contributed by atoms with van der Waals surface area (Å²) in [6.45, 7) is 1.24. The Morgan fingerprint density at radius 2 is 2.33 bits per heavy atom. The first-order valence-corrected chi connectivity index (χ1v) is 4.57. The van der Waals surface area contributed by atoms with Crippen molar-refractivity contribution in [2.75, 3.05) is 13.7 Å². The van der Waals surface area contributed by atoms with E-state index in [9.17, 15) is 9.59 Å². The number of carbonyl (C=O) groups is 1. The van der Waals surface area contributed by atoms with Gasteiger partial charge in [-0.1, -0.05) is 0 Å². The van der Waals surface area contributed by atoms with Crippen LogP contribution in [0.2, 0.25) is 0 Å². The van der Waals surface area contributed by atoms with E-state index in [4.69, 9.17) is 9.84 Å². The van der Waals surface area contributed by atoms with Crippen molar-refractivity contribution in [3.63, 3.8) is 0 Å². The molecule has 1 rings (SSSR count). The molecule has 5 nitrogen and oxygen atoms in total. The normalized spacial score (nSPS) is 10.2. The Morgan fingerprint density at radius 1 is 1.60 bits per heavy atom. The van der Waals surface area contributed by atoms with Gasteiger partial charge in [0, 0.05) is 38.7 Å². The van der Waals surface area contributed by atoms with E-state index >= 15 is 0 Å². The average molecular weight is 211 g/mol. The number of carboxylic acid groups (broad SMARTS) is 1. The Hall–Kier alpha value is -1.62. The molecular weight excluding hydrogens is 198 g/mol. The lowest BCUT2D eigenvalue weighted by atomic mass is 10.2. The van der Waals surface area contributed by atoms with Gasteiger partial charge >= 0.3 is 5.97 Å². The molecule has 0 radical (unpaired) electrons. The van der Waals surface area contributed by atoms with E-state index in [0.717, 1.165) is 6.42 Å². The highest BCUT2D eigenvalue weighted by Crippen LogP contribution is 1.95. The standard InChI is InChI=1S/C10H13NO4/c1-15-6-2-4-11-5-3-9(12)8(7-11)10(13)14/h3,5,7H,2,4,6H2,1H3,(H,13,14). The highest BCUT2D eigenvalue weighted by Gasteiger charge is 2.07. The summed E-state index contributed by atoms with van der Waals surface area (Å²) >= 11 is 0. The summed E-state index contributed by atoms with van der Waals surface area (Å²) in [6, 6.07) is 1.26. The minimum atomic E-state index is -1.19. The second kappa shape index (κ2) is 5.31. The lowest BCUT2D eigenvalue weighted by Crippen LogP contribution is -2.16. The van der Waals surface area contributed by atoms with E-state index < -0.39 is 11.4 Å². The van der Waals surface area contributed by atoms with Crippen molar-refractivity contribution in [1.82, 2.24) is 4.57 Å². The van der Waals surface area contributed by atoms with E-state index in [2.05, 4.69) is 0 Å². The van der Waals surface area contributed by atoms with Gasteiger partial charge in [0.1, 0.15) is 5.56 Å². The second-order valence-corrected chi connectivity index (χ2v) is 3.11. The van der Waals surface area contributed by atoms with Gasteiger partial charge < -0.3 is 14.4 Å². The predicted molar refractivity (Wildman–Crippen MR) is 54.2 cm³/mol. The summed E-state index contributed by atoms with van der Waals surface area (Å²) in [5.74, 6) is -1.19. The minimum Gasteiger partial charge on any atom is -0.477 e. The summed E-state index contributed by atoms with van der Waals surface area (Å²) in [5.41, 5.74) is -0.666. The van der Waals surface area contributed by atoms with E-state index in [0.29, 0.717) is 13.2 Å². The summed E-state index contributed by atoms with van der Waals surface area (Å²) in [7, 11) is 1.61. The molecule has 0 unspecified atom stereocenters. The van der Waals surface area contributed by atoms with E-state index in [1.54, 1.807) is 17.9 Å². The minimum absolute atomic E-state index is 0.199. The average Bonchev–Trinajstić information content (AvgIpc) is 2.20. The Kier molecular flexibility index (Phi) is 4.05. The van der Waals surface area contributed by atoms with Crippen molar-refractivity contribution in [3.05, 3.63) is 34.2 Å². The number of hydrogen-bond acceptors (Lipinski definition) is 3. The molecule has 1 N–H and O–H groups in total. The third-order valence-corrected chi connectivity index (χ3v) is 1.97. The van der Waals surface area contributed by atoms with Crippen LogP contribution in [0.4, 0.5) is 0 Å². The van der Waals surface area contributed by atoms with Gasteiger partial charge in [-0.3, -0.25) is 4.79 Å². The number of aryl methyl sites for hydroxylation is 1. The molecule has 0 saturated heterocycles. The Morgan fingerprint density at radius 3 is 2.93 bits per heavy atom.